The maximum atomic E-state index is 15.5. The number of nitro benzene ring substituents is 1. The summed E-state index contributed by atoms with van der Waals surface area (Å²) in [4.78, 5) is 120. The van der Waals surface area contributed by atoms with Crippen molar-refractivity contribution in [3.05, 3.63) is 82.1 Å². The van der Waals surface area contributed by atoms with E-state index in [4.69, 9.17) is 16.3 Å². The number of alkyl halides is 1. The Morgan fingerprint density at radius 1 is 0.846 bits per heavy atom. The number of para-hydroxylation sites is 1. The largest absolute Gasteiger partial charge is 0.502 e. The molecule has 78 heavy (non-hydrogen) atoms. The molecule has 428 valence electrons. The number of aliphatic hydroxyl groups excluding tert-OH is 1. The molecule has 1 unspecified atom stereocenters. The monoisotopic (exact) mass is 1100 g/mol. The fourth-order valence-corrected chi connectivity index (χ4v) is 11.0. The van der Waals surface area contributed by atoms with E-state index in [9.17, 15) is 34.7 Å². The number of rotatable bonds is 16. The van der Waals surface area contributed by atoms with Gasteiger partial charge in [-0.25, -0.2) is 0 Å². The fourth-order valence-electron chi connectivity index (χ4n) is 10.6. The number of aromatic nitrogens is 1. The molecule has 20 nitrogen and oxygen atoms in total. The summed E-state index contributed by atoms with van der Waals surface area (Å²) in [6, 6.07) is 3.18. The summed E-state index contributed by atoms with van der Waals surface area (Å²) in [5.74, 6) is -7.27. The zero-order chi connectivity index (χ0) is 58.1. The summed E-state index contributed by atoms with van der Waals surface area (Å²) < 4.78 is 8.09. The predicted molar refractivity (Wildman–Crippen MR) is 296 cm³/mol. The Hall–Kier alpha value is -6.38. The van der Waals surface area contributed by atoms with E-state index in [1.165, 1.54) is 41.8 Å². The number of likely N-dealkylation sites (N-methyl/N-ethyl adjacent to an activating group) is 2. The van der Waals surface area contributed by atoms with Crippen molar-refractivity contribution in [1.82, 2.24) is 35.2 Å². The van der Waals surface area contributed by atoms with Crippen LogP contribution in [0.5, 0.6) is 5.75 Å². The molecule has 0 spiro atoms. The third-order valence-electron chi connectivity index (χ3n) is 15.2. The van der Waals surface area contributed by atoms with E-state index >= 15 is 19.2 Å². The second-order valence-corrected chi connectivity index (χ2v) is 22.7. The van der Waals surface area contributed by atoms with Crippen LogP contribution in [0.4, 0.5) is 5.69 Å². The van der Waals surface area contributed by atoms with Crippen molar-refractivity contribution in [3.8, 4) is 5.75 Å². The number of aromatic hydroxyl groups is 1. The average Bonchev–Trinajstić information content (AvgIpc) is 3.77. The number of phenolic OH excluding ortho intramolecular Hbond substituents is 1. The maximum absolute atomic E-state index is 15.5. The lowest BCUT2D eigenvalue weighted by Crippen LogP contribution is -2.66. The van der Waals surface area contributed by atoms with Gasteiger partial charge in [-0.1, -0.05) is 78.0 Å². The van der Waals surface area contributed by atoms with Crippen LogP contribution in [0.3, 0.4) is 0 Å². The number of ketones is 1. The number of fused-ring (bicyclic) bond motifs is 3. The number of nitro groups is 1. The van der Waals surface area contributed by atoms with E-state index in [1.54, 1.807) is 32.2 Å². The molecule has 1 aromatic heterocycles. The van der Waals surface area contributed by atoms with Gasteiger partial charge in [-0.05, 0) is 94.9 Å². The van der Waals surface area contributed by atoms with Gasteiger partial charge in [-0.2, -0.15) is 0 Å². The molecule has 21 heteroatoms. The lowest BCUT2D eigenvalue weighted by Gasteiger charge is -2.48. The third kappa shape index (κ3) is 14.5. The molecule has 0 saturated carbocycles. The number of carbonyl (C=O) groups is 7. The van der Waals surface area contributed by atoms with Crippen LogP contribution in [0.1, 0.15) is 112 Å². The number of phenols is 1. The molecule has 2 aliphatic heterocycles. The van der Waals surface area contributed by atoms with Crippen molar-refractivity contribution in [2.45, 2.75) is 168 Å². The minimum atomic E-state index is -1.43. The average molecular weight is 1110 g/mol. The van der Waals surface area contributed by atoms with Crippen LogP contribution in [0, 0.1) is 33.8 Å². The summed E-state index contributed by atoms with van der Waals surface area (Å²) in [5.41, 5.74) is -0.100. The molecular weight excluding hydrogens is 1020 g/mol. The van der Waals surface area contributed by atoms with Crippen LogP contribution in [0.25, 0.3) is 10.9 Å². The van der Waals surface area contributed by atoms with Gasteiger partial charge in [0.1, 0.15) is 36.4 Å². The van der Waals surface area contributed by atoms with Crippen molar-refractivity contribution in [3.63, 3.8) is 0 Å². The quantitative estimate of drug-likeness (QED) is 0.0497. The molecule has 0 aliphatic carbocycles. The van der Waals surface area contributed by atoms with Gasteiger partial charge in [0.25, 0.3) is 0 Å². The first-order chi connectivity index (χ1) is 36.7. The van der Waals surface area contributed by atoms with Gasteiger partial charge in [-0.15, -0.1) is 11.6 Å². The summed E-state index contributed by atoms with van der Waals surface area (Å²) in [6.07, 6.45) is 2.68. The lowest BCUT2D eigenvalue weighted by atomic mass is 9.88. The molecule has 10 atom stereocenters. The number of aliphatic hydroxyl groups is 1. The van der Waals surface area contributed by atoms with Crippen LogP contribution >= 0.6 is 11.6 Å². The van der Waals surface area contributed by atoms with Gasteiger partial charge in [0.05, 0.1) is 28.5 Å². The van der Waals surface area contributed by atoms with E-state index in [1.807, 2.05) is 77.3 Å². The van der Waals surface area contributed by atoms with Crippen molar-refractivity contribution in [2.24, 2.45) is 23.7 Å². The highest BCUT2D eigenvalue weighted by Gasteiger charge is 2.49. The Labute approximate surface area is 462 Å². The zero-order valence-electron chi connectivity index (χ0n) is 47.2. The highest BCUT2D eigenvalue weighted by atomic mass is 35.5. The van der Waals surface area contributed by atoms with Crippen LogP contribution < -0.4 is 16.0 Å². The van der Waals surface area contributed by atoms with Crippen molar-refractivity contribution < 1.29 is 53.4 Å². The number of hydrogen-bond acceptors (Lipinski definition) is 12. The highest BCUT2D eigenvalue weighted by molar-refractivity contribution is 6.18. The summed E-state index contributed by atoms with van der Waals surface area (Å²) in [7, 11) is 2.87. The van der Waals surface area contributed by atoms with Crippen molar-refractivity contribution >= 4 is 69.4 Å². The van der Waals surface area contributed by atoms with Crippen LogP contribution in [0.15, 0.2) is 60.8 Å². The van der Waals surface area contributed by atoms with Crippen LogP contribution in [-0.2, 0) is 56.7 Å². The Morgan fingerprint density at radius 2 is 1.46 bits per heavy atom. The number of ether oxygens (including phenoxy) is 1. The standard InChI is InChI=1S/C57H81ClN8O12/c1-13-15-19-39-50(70)61-41(29-37-31-64(57(9,10)49(69)30-58)42-20-17-16-18-38(37)42)54(74)62(11)44(23-32(3)4)51(71)60-40(27-36-21-22-47(67)43(28-36)66(76)77)48(68)26-34(7)53(73)63(12)46-25-35(8)56(78-14-2)65(55(46)75)45(24-33(5)6)52(72)59-39/h13,15-18,20-22,28,31-35,39-41,44-46,49,56,67,69H,14,19,23-27,29-30H2,1-12H3,(H,59,72)(H,60,71)(H,61,70)/b15-13+/t34-,35?,39+,40+,41+,44+,45+,46+,49-,56-/m1/s1. The molecule has 2 aromatic carbocycles. The Morgan fingerprint density at radius 3 is 2.08 bits per heavy atom. The number of piperidine rings is 1. The smallest absolute Gasteiger partial charge is 0.310 e. The zero-order valence-corrected chi connectivity index (χ0v) is 47.9. The van der Waals surface area contributed by atoms with E-state index in [2.05, 4.69) is 16.0 Å². The van der Waals surface area contributed by atoms with Gasteiger partial charge >= 0.3 is 5.69 Å². The Balaban J connectivity index is 1.74. The van der Waals surface area contributed by atoms with E-state index in [-0.39, 0.29) is 68.4 Å². The van der Waals surface area contributed by atoms with Crippen molar-refractivity contribution in [2.75, 3.05) is 26.6 Å². The number of nitrogens with one attached hydrogen (secondary N) is 3. The molecule has 2 bridgehead atoms. The van der Waals surface area contributed by atoms with E-state index in [0.29, 0.717) is 16.5 Å². The summed E-state index contributed by atoms with van der Waals surface area (Å²) >= 11 is 6.21. The number of carbonyl (C=O) groups excluding carboxylic acids is 7. The molecule has 3 aromatic rings. The van der Waals surface area contributed by atoms with Crippen LogP contribution in [-0.4, -0.2) is 151 Å². The number of halogens is 1. The van der Waals surface area contributed by atoms with E-state index in [0.717, 1.165) is 12.1 Å². The molecule has 2 fully saturated rings. The number of allylic oxidation sites excluding steroid dienone is 1. The number of benzene rings is 2. The molecular formula is C57H81ClN8O12. The van der Waals surface area contributed by atoms with E-state index < -0.39 is 130 Å². The molecule has 0 radical (unpaired) electrons. The summed E-state index contributed by atoms with van der Waals surface area (Å²) in [6.45, 7) is 18.2. The first kappa shape index (κ1) is 62.5. The molecule has 2 aliphatic rings. The molecule has 5 rings (SSSR count). The van der Waals surface area contributed by atoms with Gasteiger partial charge in [0.15, 0.2) is 11.5 Å². The molecule has 2 saturated heterocycles. The molecule has 6 amide bonds. The first-order valence-electron chi connectivity index (χ1n) is 27.0. The normalized spacial score (nSPS) is 25.4. The Bertz CT molecular complexity index is 2710. The topological polar surface area (TPSA) is 263 Å². The summed E-state index contributed by atoms with van der Waals surface area (Å²) in [5, 5.41) is 42.8. The van der Waals surface area contributed by atoms with Crippen LogP contribution in [0.2, 0.25) is 0 Å². The molecule has 3 heterocycles. The van der Waals surface area contributed by atoms with Gasteiger partial charge in [0, 0.05) is 68.5 Å². The lowest BCUT2D eigenvalue weighted by molar-refractivity contribution is -0.385. The first-order valence-corrected chi connectivity index (χ1v) is 27.5. The highest BCUT2D eigenvalue weighted by Crippen LogP contribution is 2.35. The minimum absolute atomic E-state index is 0.0298. The van der Waals surface area contributed by atoms with Gasteiger partial charge in [0.2, 0.25) is 35.4 Å². The Kier molecular flexibility index (Phi) is 21.6. The van der Waals surface area contributed by atoms with Gasteiger partial charge in [-0.3, -0.25) is 43.7 Å². The number of amides is 6. The van der Waals surface area contributed by atoms with Crippen molar-refractivity contribution in [1.29, 1.82) is 0 Å². The number of nitrogens with zero attached hydrogens (tertiary/aromatic N) is 5. The third-order valence-corrected chi connectivity index (χ3v) is 15.5. The second kappa shape index (κ2) is 27.0. The van der Waals surface area contributed by atoms with Gasteiger partial charge < -0.3 is 50.2 Å². The predicted octanol–water partition coefficient (Wildman–Crippen LogP) is 5.75. The minimum Gasteiger partial charge on any atom is -0.502 e. The fraction of sp³-hybridized carbons (Fsp3) is 0.596. The SMILES string of the molecule is C/C=C/C[C@@H]1NC(=O)[C@H](CC(C)C)N2C(=O)[C@H](CC(C)[C@H]2OCC)N(C)C(=O)[C@H](C)CC(=O)[C@H](Cc2ccc(O)c([N+](=O)[O-])c2)NC(=O)[C@H](CC(C)C)N(C)C(=O)[C@H](Cc2cn(C(C)(C)[C@H](O)CCl)c3ccccc23)NC1=O. The second-order valence-electron chi connectivity index (χ2n) is 22.4. The maximum Gasteiger partial charge on any atom is 0.310 e. The number of Topliss-reactive ketones (excluding diaryl/α,β-unsaturated/α-hetero) is 1. The molecule has 5 N–H and O–H groups in total. The number of hydrogen-bond donors (Lipinski definition) is 5.